The molecule has 2 aromatic carbocycles. The first-order valence-electron chi connectivity index (χ1n) is 10.7. The first-order valence-corrected chi connectivity index (χ1v) is 10.7. The number of pyridine rings is 1. The molecule has 1 aliphatic rings. The van der Waals surface area contributed by atoms with Gasteiger partial charge in [-0.25, -0.2) is 4.98 Å². The monoisotopic (exact) mass is 481 g/mol. The fourth-order valence-electron chi connectivity index (χ4n) is 3.41. The van der Waals surface area contributed by atoms with Gasteiger partial charge in [-0.05, 0) is 61.4 Å². The normalized spacial score (nSPS) is 13.5. The Balaban J connectivity index is 1.26. The standard InChI is InChI=1S/C24H18F3N5O3/c25-24(26,27)14-3-8-19-18(11-14)21(32-31-19)23(34)29-15-4-6-16(7-5-15)35-17-9-10-28-20(12-17)30-22(33)13-1-2-13/h3-13H,1-2H2,(H,29,34)(H,31,32)(H,28,30,33). The van der Waals surface area contributed by atoms with Gasteiger partial charge in [0.25, 0.3) is 5.91 Å². The van der Waals surface area contributed by atoms with Gasteiger partial charge in [-0.2, -0.15) is 18.3 Å². The van der Waals surface area contributed by atoms with Crippen molar-refractivity contribution in [2.24, 2.45) is 5.92 Å². The van der Waals surface area contributed by atoms with Gasteiger partial charge in [-0.3, -0.25) is 14.7 Å². The summed E-state index contributed by atoms with van der Waals surface area (Å²) in [6.07, 6.45) is -1.25. The number of halogens is 3. The Morgan fingerprint density at radius 3 is 2.46 bits per heavy atom. The van der Waals surface area contributed by atoms with Crippen LogP contribution < -0.4 is 15.4 Å². The second kappa shape index (κ2) is 8.75. The van der Waals surface area contributed by atoms with E-state index < -0.39 is 17.6 Å². The lowest BCUT2D eigenvalue weighted by Crippen LogP contribution is -2.14. The van der Waals surface area contributed by atoms with E-state index in [4.69, 9.17) is 4.74 Å². The zero-order chi connectivity index (χ0) is 24.6. The van der Waals surface area contributed by atoms with Crippen molar-refractivity contribution in [3.8, 4) is 11.5 Å². The number of ether oxygens (including phenoxy) is 1. The van der Waals surface area contributed by atoms with E-state index in [0.29, 0.717) is 28.5 Å². The van der Waals surface area contributed by atoms with Crippen molar-refractivity contribution < 1.29 is 27.5 Å². The van der Waals surface area contributed by atoms with Crippen molar-refractivity contribution in [2.75, 3.05) is 10.6 Å². The number of carbonyl (C=O) groups is 2. The number of fused-ring (bicyclic) bond motifs is 1. The van der Waals surface area contributed by atoms with Crippen molar-refractivity contribution in [3.63, 3.8) is 0 Å². The highest BCUT2D eigenvalue weighted by atomic mass is 19.4. The average Bonchev–Trinajstić information content (AvgIpc) is 3.59. The molecule has 1 fully saturated rings. The van der Waals surface area contributed by atoms with E-state index in [-0.39, 0.29) is 22.9 Å². The molecular weight excluding hydrogens is 463 g/mol. The van der Waals surface area contributed by atoms with Gasteiger partial charge in [-0.15, -0.1) is 0 Å². The van der Waals surface area contributed by atoms with Crippen LogP contribution in [0.15, 0.2) is 60.8 Å². The Kier molecular flexibility index (Phi) is 5.59. The van der Waals surface area contributed by atoms with Crippen LogP contribution in [0.4, 0.5) is 24.7 Å². The van der Waals surface area contributed by atoms with Crippen molar-refractivity contribution in [3.05, 3.63) is 72.1 Å². The molecule has 2 aromatic heterocycles. The number of nitrogens with zero attached hydrogens (tertiary/aromatic N) is 2. The Bertz CT molecular complexity index is 1410. The lowest BCUT2D eigenvalue weighted by Gasteiger charge is -2.09. The molecule has 178 valence electrons. The lowest BCUT2D eigenvalue weighted by molar-refractivity contribution is -0.137. The van der Waals surface area contributed by atoms with E-state index in [2.05, 4.69) is 25.8 Å². The molecule has 1 saturated carbocycles. The van der Waals surface area contributed by atoms with E-state index in [1.807, 2.05) is 0 Å². The van der Waals surface area contributed by atoms with Gasteiger partial charge in [0.1, 0.15) is 17.3 Å². The summed E-state index contributed by atoms with van der Waals surface area (Å²) in [5.41, 5.74) is -0.299. The summed E-state index contributed by atoms with van der Waals surface area (Å²) in [5, 5.41) is 11.9. The maximum absolute atomic E-state index is 13.0. The van der Waals surface area contributed by atoms with Gasteiger partial charge >= 0.3 is 6.18 Å². The Morgan fingerprint density at radius 2 is 1.74 bits per heavy atom. The summed E-state index contributed by atoms with van der Waals surface area (Å²) < 4.78 is 44.9. The second-order valence-corrected chi connectivity index (χ2v) is 8.05. The number of aromatic amines is 1. The maximum atomic E-state index is 13.0. The maximum Gasteiger partial charge on any atom is 0.416 e. The number of anilines is 2. The highest BCUT2D eigenvalue weighted by molar-refractivity contribution is 6.11. The smallest absolute Gasteiger partial charge is 0.416 e. The third-order valence-electron chi connectivity index (χ3n) is 5.38. The van der Waals surface area contributed by atoms with Crippen LogP contribution in [0.2, 0.25) is 0 Å². The first-order chi connectivity index (χ1) is 16.8. The quantitative estimate of drug-likeness (QED) is 0.343. The lowest BCUT2D eigenvalue weighted by atomic mass is 10.1. The van der Waals surface area contributed by atoms with Crippen LogP contribution in [0.1, 0.15) is 28.9 Å². The largest absolute Gasteiger partial charge is 0.457 e. The van der Waals surface area contributed by atoms with Crippen LogP contribution in [-0.2, 0) is 11.0 Å². The topological polar surface area (TPSA) is 109 Å². The number of hydrogen-bond acceptors (Lipinski definition) is 5. The third-order valence-corrected chi connectivity index (χ3v) is 5.38. The Labute approximate surface area is 196 Å². The molecule has 0 radical (unpaired) electrons. The number of H-pyrrole nitrogens is 1. The van der Waals surface area contributed by atoms with Gasteiger partial charge in [0.15, 0.2) is 5.69 Å². The van der Waals surface area contributed by atoms with Gasteiger partial charge in [0.2, 0.25) is 5.91 Å². The van der Waals surface area contributed by atoms with Gasteiger partial charge in [0.05, 0.1) is 11.1 Å². The molecule has 0 unspecified atom stereocenters. The minimum absolute atomic E-state index is 0.0512. The van der Waals surface area contributed by atoms with Crippen molar-refractivity contribution >= 4 is 34.2 Å². The van der Waals surface area contributed by atoms with E-state index in [0.717, 1.165) is 25.0 Å². The molecule has 2 heterocycles. The van der Waals surface area contributed by atoms with Gasteiger partial charge in [0, 0.05) is 29.3 Å². The van der Waals surface area contributed by atoms with Crippen LogP contribution in [0.25, 0.3) is 10.9 Å². The summed E-state index contributed by atoms with van der Waals surface area (Å²) in [7, 11) is 0. The molecule has 0 atom stereocenters. The van der Waals surface area contributed by atoms with Crippen molar-refractivity contribution in [1.29, 1.82) is 0 Å². The summed E-state index contributed by atoms with van der Waals surface area (Å²) in [4.78, 5) is 28.7. The molecule has 4 aromatic rings. The fraction of sp³-hybridized carbons (Fsp3) is 0.167. The number of nitrogens with one attached hydrogen (secondary N) is 3. The summed E-state index contributed by atoms with van der Waals surface area (Å²) in [6.45, 7) is 0. The SMILES string of the molecule is O=C(Nc1ccc(Oc2ccnc(NC(=O)C3CC3)c2)cc1)c1n[nH]c2ccc(C(F)(F)F)cc12. The van der Waals surface area contributed by atoms with Crippen LogP contribution in [0, 0.1) is 5.92 Å². The average molecular weight is 481 g/mol. The molecule has 0 bridgehead atoms. The minimum Gasteiger partial charge on any atom is -0.457 e. The molecule has 8 nitrogen and oxygen atoms in total. The van der Waals surface area contributed by atoms with Crippen LogP contribution in [0.3, 0.4) is 0 Å². The molecule has 35 heavy (non-hydrogen) atoms. The van der Waals surface area contributed by atoms with E-state index in [1.54, 1.807) is 36.4 Å². The van der Waals surface area contributed by atoms with Crippen molar-refractivity contribution in [2.45, 2.75) is 19.0 Å². The molecule has 3 N–H and O–H groups in total. The number of hydrogen-bond donors (Lipinski definition) is 3. The molecule has 1 aliphatic carbocycles. The van der Waals surface area contributed by atoms with Crippen molar-refractivity contribution in [1.82, 2.24) is 15.2 Å². The number of amides is 2. The number of aromatic nitrogens is 3. The molecule has 0 spiro atoms. The second-order valence-electron chi connectivity index (χ2n) is 8.05. The number of alkyl halides is 3. The Morgan fingerprint density at radius 1 is 0.971 bits per heavy atom. The molecule has 5 rings (SSSR count). The van der Waals surface area contributed by atoms with Gasteiger partial charge in [-0.1, -0.05) is 0 Å². The number of carbonyl (C=O) groups excluding carboxylic acids is 2. The zero-order valence-electron chi connectivity index (χ0n) is 18.0. The van der Waals surface area contributed by atoms with E-state index >= 15 is 0 Å². The number of rotatable bonds is 6. The highest BCUT2D eigenvalue weighted by Crippen LogP contribution is 2.32. The number of benzene rings is 2. The molecule has 0 saturated heterocycles. The molecule has 11 heteroatoms. The van der Waals surface area contributed by atoms with E-state index in [1.165, 1.54) is 12.3 Å². The summed E-state index contributed by atoms with van der Waals surface area (Å²) in [6, 6.07) is 12.7. The van der Waals surface area contributed by atoms with Gasteiger partial charge < -0.3 is 15.4 Å². The third kappa shape index (κ3) is 5.08. The predicted molar refractivity (Wildman–Crippen MR) is 121 cm³/mol. The Hall–Kier alpha value is -4.41. The molecular formula is C24H18F3N5O3. The predicted octanol–water partition coefficient (Wildman–Crippen LogP) is 5.37. The molecule has 2 amide bonds. The van der Waals surface area contributed by atoms with Crippen LogP contribution in [-0.4, -0.2) is 27.0 Å². The summed E-state index contributed by atoms with van der Waals surface area (Å²) in [5.74, 6) is 0.655. The highest BCUT2D eigenvalue weighted by Gasteiger charge is 2.31. The molecule has 0 aliphatic heterocycles. The van der Waals surface area contributed by atoms with Crippen LogP contribution in [0.5, 0.6) is 11.5 Å². The first kappa shape index (κ1) is 22.4. The zero-order valence-corrected chi connectivity index (χ0v) is 18.0. The minimum atomic E-state index is -4.53. The van der Waals surface area contributed by atoms with Crippen LogP contribution >= 0.6 is 0 Å². The van der Waals surface area contributed by atoms with E-state index in [9.17, 15) is 22.8 Å². The summed E-state index contributed by atoms with van der Waals surface area (Å²) >= 11 is 0. The fourth-order valence-corrected chi connectivity index (χ4v) is 3.41.